The molecule has 0 heterocycles. The first kappa shape index (κ1) is 18.2. The molecule has 0 radical (unpaired) electrons. The van der Waals surface area contributed by atoms with Gasteiger partial charge in [0, 0.05) is 19.1 Å². The van der Waals surface area contributed by atoms with Gasteiger partial charge in [-0.25, -0.2) is 0 Å². The zero-order valence-electron chi connectivity index (χ0n) is 13.0. The predicted molar refractivity (Wildman–Crippen MR) is 89.2 cm³/mol. The molecule has 0 bridgehead atoms. The maximum atomic E-state index is 12.1. The molecule has 0 aliphatic heterocycles. The Hall–Kier alpha value is -0.870. The summed E-state index contributed by atoms with van der Waals surface area (Å²) in [4.78, 5) is 12.1. The molecule has 1 rings (SSSR count). The first-order valence-corrected chi connectivity index (χ1v) is 8.42. The highest BCUT2D eigenvalue weighted by atomic mass is 79.9. The lowest BCUT2D eigenvalue weighted by Gasteiger charge is -2.09. The molecular formula is C17H25BrO3. The van der Waals surface area contributed by atoms with Crippen molar-refractivity contribution in [2.24, 2.45) is 0 Å². The second kappa shape index (κ2) is 10.8. The Kier molecular flexibility index (Phi) is 9.35. The summed E-state index contributed by atoms with van der Waals surface area (Å²) in [6, 6.07) is 5.52. The van der Waals surface area contributed by atoms with Crippen molar-refractivity contribution in [2.75, 3.05) is 20.3 Å². The van der Waals surface area contributed by atoms with Gasteiger partial charge >= 0.3 is 0 Å². The lowest BCUT2D eigenvalue weighted by molar-refractivity contribution is 0.0979. The molecule has 0 fully saturated rings. The molecule has 0 saturated heterocycles. The van der Waals surface area contributed by atoms with Crippen molar-refractivity contribution in [2.45, 2.75) is 45.4 Å². The highest BCUT2D eigenvalue weighted by Gasteiger charge is 2.09. The topological polar surface area (TPSA) is 35.5 Å². The van der Waals surface area contributed by atoms with Crippen LogP contribution in [-0.4, -0.2) is 26.1 Å². The van der Waals surface area contributed by atoms with Gasteiger partial charge in [-0.1, -0.05) is 32.6 Å². The van der Waals surface area contributed by atoms with E-state index in [2.05, 4.69) is 22.9 Å². The van der Waals surface area contributed by atoms with Crippen LogP contribution in [0.1, 0.15) is 55.8 Å². The number of benzene rings is 1. The van der Waals surface area contributed by atoms with E-state index in [1.807, 2.05) is 18.2 Å². The van der Waals surface area contributed by atoms with Gasteiger partial charge in [0.25, 0.3) is 0 Å². The Morgan fingerprint density at radius 2 is 1.90 bits per heavy atom. The first-order valence-electron chi connectivity index (χ1n) is 7.63. The minimum Gasteiger partial charge on any atom is -0.490 e. The van der Waals surface area contributed by atoms with Crippen molar-refractivity contribution in [3.63, 3.8) is 0 Å². The fraction of sp³-hybridized carbons (Fsp3) is 0.588. The SMILES string of the molecule is CCCCCCCC(=O)c1ccc(OCCOC)c(Br)c1. The number of hydrogen-bond donors (Lipinski definition) is 0. The maximum absolute atomic E-state index is 12.1. The van der Waals surface area contributed by atoms with Gasteiger partial charge in [-0.2, -0.15) is 0 Å². The van der Waals surface area contributed by atoms with Crippen molar-refractivity contribution in [1.82, 2.24) is 0 Å². The smallest absolute Gasteiger partial charge is 0.162 e. The summed E-state index contributed by atoms with van der Waals surface area (Å²) < 4.78 is 11.3. The zero-order chi connectivity index (χ0) is 15.5. The van der Waals surface area contributed by atoms with Crippen molar-refractivity contribution >= 4 is 21.7 Å². The summed E-state index contributed by atoms with van der Waals surface area (Å²) >= 11 is 3.45. The van der Waals surface area contributed by atoms with E-state index in [4.69, 9.17) is 9.47 Å². The van der Waals surface area contributed by atoms with E-state index < -0.39 is 0 Å². The van der Waals surface area contributed by atoms with Crippen LogP contribution >= 0.6 is 15.9 Å². The molecule has 0 aliphatic rings. The van der Waals surface area contributed by atoms with E-state index >= 15 is 0 Å². The van der Waals surface area contributed by atoms with E-state index in [1.165, 1.54) is 19.3 Å². The highest BCUT2D eigenvalue weighted by Crippen LogP contribution is 2.26. The highest BCUT2D eigenvalue weighted by molar-refractivity contribution is 9.10. The number of unbranched alkanes of at least 4 members (excludes halogenated alkanes) is 4. The zero-order valence-corrected chi connectivity index (χ0v) is 14.6. The van der Waals surface area contributed by atoms with Crippen molar-refractivity contribution < 1.29 is 14.3 Å². The Morgan fingerprint density at radius 3 is 2.57 bits per heavy atom. The van der Waals surface area contributed by atoms with Gasteiger partial charge in [0.15, 0.2) is 5.78 Å². The fourth-order valence-electron chi connectivity index (χ4n) is 2.06. The van der Waals surface area contributed by atoms with Crippen LogP contribution in [0.15, 0.2) is 22.7 Å². The molecule has 0 spiro atoms. The lowest BCUT2D eigenvalue weighted by atomic mass is 10.0. The summed E-state index contributed by atoms with van der Waals surface area (Å²) in [5.74, 6) is 0.946. The van der Waals surface area contributed by atoms with Gasteiger partial charge in [0.2, 0.25) is 0 Å². The summed E-state index contributed by atoms with van der Waals surface area (Å²) in [7, 11) is 1.64. The molecule has 118 valence electrons. The molecule has 0 aliphatic carbocycles. The third-order valence-corrected chi connectivity index (χ3v) is 3.93. The van der Waals surface area contributed by atoms with Crippen LogP contribution < -0.4 is 4.74 Å². The molecule has 4 heteroatoms. The Bertz CT molecular complexity index is 432. The molecular weight excluding hydrogens is 332 g/mol. The van der Waals surface area contributed by atoms with Gasteiger partial charge in [0.1, 0.15) is 12.4 Å². The number of carbonyl (C=O) groups is 1. The Morgan fingerprint density at radius 1 is 1.14 bits per heavy atom. The molecule has 0 unspecified atom stereocenters. The Labute approximate surface area is 136 Å². The molecule has 0 N–H and O–H groups in total. The summed E-state index contributed by atoms with van der Waals surface area (Å²) in [6.45, 7) is 3.24. The number of rotatable bonds is 11. The predicted octanol–water partition coefficient (Wildman–Crippen LogP) is 5.02. The van der Waals surface area contributed by atoms with Gasteiger partial charge < -0.3 is 9.47 Å². The van der Waals surface area contributed by atoms with Gasteiger partial charge in [-0.3, -0.25) is 4.79 Å². The van der Waals surface area contributed by atoms with Crippen LogP contribution in [0.4, 0.5) is 0 Å². The normalized spacial score (nSPS) is 10.6. The monoisotopic (exact) mass is 356 g/mol. The molecule has 0 aromatic heterocycles. The molecule has 0 amide bonds. The number of ketones is 1. The lowest BCUT2D eigenvalue weighted by Crippen LogP contribution is -2.05. The van der Waals surface area contributed by atoms with E-state index in [-0.39, 0.29) is 5.78 Å². The van der Waals surface area contributed by atoms with Gasteiger partial charge in [-0.05, 0) is 40.5 Å². The number of ether oxygens (including phenoxy) is 2. The average Bonchev–Trinajstić information content (AvgIpc) is 2.48. The van der Waals surface area contributed by atoms with E-state index in [0.29, 0.717) is 19.6 Å². The molecule has 3 nitrogen and oxygen atoms in total. The second-order valence-corrected chi connectivity index (χ2v) is 5.93. The van der Waals surface area contributed by atoms with Crippen LogP contribution in [0.5, 0.6) is 5.75 Å². The summed E-state index contributed by atoms with van der Waals surface area (Å²) in [5.41, 5.74) is 0.747. The third kappa shape index (κ3) is 7.09. The largest absolute Gasteiger partial charge is 0.490 e. The van der Waals surface area contributed by atoms with Crippen molar-refractivity contribution in [3.8, 4) is 5.75 Å². The standard InChI is InChI=1S/C17H25BrO3/c1-3-4-5-6-7-8-16(19)14-9-10-17(15(18)13-14)21-12-11-20-2/h9-10,13H,3-8,11-12H2,1-2H3. The molecule has 1 aromatic rings. The second-order valence-electron chi connectivity index (χ2n) is 5.07. The minimum atomic E-state index is 0.204. The fourth-order valence-corrected chi connectivity index (χ4v) is 2.55. The minimum absolute atomic E-state index is 0.204. The van der Waals surface area contributed by atoms with Gasteiger partial charge in [-0.15, -0.1) is 0 Å². The summed E-state index contributed by atoms with van der Waals surface area (Å²) in [5, 5.41) is 0. The number of hydrogen-bond acceptors (Lipinski definition) is 3. The van der Waals surface area contributed by atoms with Crippen LogP contribution in [0.3, 0.4) is 0 Å². The average molecular weight is 357 g/mol. The number of carbonyl (C=O) groups excluding carboxylic acids is 1. The van der Waals surface area contributed by atoms with Gasteiger partial charge in [0.05, 0.1) is 11.1 Å². The van der Waals surface area contributed by atoms with E-state index in [0.717, 1.165) is 28.6 Å². The Balaban J connectivity index is 2.44. The number of Topliss-reactive ketones (excluding diaryl/α,β-unsaturated/α-hetero) is 1. The third-order valence-electron chi connectivity index (χ3n) is 3.31. The molecule has 1 aromatic carbocycles. The number of halogens is 1. The number of methoxy groups -OCH3 is 1. The van der Waals surface area contributed by atoms with Crippen LogP contribution in [0.2, 0.25) is 0 Å². The van der Waals surface area contributed by atoms with Crippen molar-refractivity contribution in [3.05, 3.63) is 28.2 Å². The first-order chi connectivity index (χ1) is 10.2. The van der Waals surface area contributed by atoms with E-state index in [1.54, 1.807) is 7.11 Å². The van der Waals surface area contributed by atoms with E-state index in [9.17, 15) is 4.79 Å². The van der Waals surface area contributed by atoms with Crippen LogP contribution in [0.25, 0.3) is 0 Å². The van der Waals surface area contributed by atoms with Crippen LogP contribution in [-0.2, 0) is 4.74 Å². The quantitative estimate of drug-likeness (QED) is 0.412. The summed E-state index contributed by atoms with van der Waals surface area (Å²) in [6.07, 6.45) is 6.44. The molecule has 0 saturated carbocycles. The molecule has 21 heavy (non-hydrogen) atoms. The maximum Gasteiger partial charge on any atom is 0.162 e. The molecule has 0 atom stereocenters. The van der Waals surface area contributed by atoms with Crippen molar-refractivity contribution in [1.29, 1.82) is 0 Å². The van der Waals surface area contributed by atoms with Crippen LogP contribution in [0, 0.1) is 0 Å².